The maximum absolute atomic E-state index is 15.0. The van der Waals surface area contributed by atoms with E-state index in [2.05, 4.69) is 12.0 Å². The van der Waals surface area contributed by atoms with Crippen molar-refractivity contribution in [2.75, 3.05) is 0 Å². The number of halogens is 2. The molecule has 0 amide bonds. The highest BCUT2D eigenvalue weighted by Gasteiger charge is 2.31. The zero-order chi connectivity index (χ0) is 23.3. The molecule has 1 aliphatic heterocycles. The van der Waals surface area contributed by atoms with Crippen LogP contribution in [0, 0.1) is 19.7 Å². The fraction of sp³-hybridized carbons (Fsp3) is 0.360. The minimum atomic E-state index is -0.394. The number of rotatable bonds is 3. The van der Waals surface area contributed by atoms with E-state index < -0.39 is 5.82 Å². The summed E-state index contributed by atoms with van der Waals surface area (Å²) in [5.74, 6) is -0.268. The van der Waals surface area contributed by atoms with Crippen LogP contribution in [0.3, 0.4) is 0 Å². The van der Waals surface area contributed by atoms with E-state index in [1.54, 1.807) is 16.8 Å². The van der Waals surface area contributed by atoms with Gasteiger partial charge in [-0.25, -0.2) is 19.3 Å². The molecule has 3 aromatic heterocycles. The molecule has 0 unspecified atom stereocenters. The van der Waals surface area contributed by atoms with Gasteiger partial charge in [0.25, 0.3) is 0 Å². The van der Waals surface area contributed by atoms with Crippen molar-refractivity contribution in [3.8, 4) is 11.1 Å². The number of pyridine rings is 1. The molecule has 0 radical (unpaired) electrons. The Bertz CT molecular complexity index is 1350. The number of fused-ring (bicyclic) bond motifs is 1. The van der Waals surface area contributed by atoms with Gasteiger partial charge in [0.05, 0.1) is 29.8 Å². The molecule has 0 saturated carbocycles. The molecule has 0 aliphatic carbocycles. The second-order valence-electron chi connectivity index (χ2n) is 8.84. The lowest BCUT2D eigenvalue weighted by atomic mass is 9.86. The fourth-order valence-corrected chi connectivity index (χ4v) is 4.71. The summed E-state index contributed by atoms with van der Waals surface area (Å²) in [4.78, 5) is 14.3. The predicted octanol–water partition coefficient (Wildman–Crippen LogP) is 5.86. The van der Waals surface area contributed by atoms with Crippen LogP contribution in [0.2, 0.25) is 5.02 Å². The quantitative estimate of drug-likeness (QED) is 0.379. The van der Waals surface area contributed by atoms with E-state index >= 15 is 0 Å². The average molecular weight is 466 g/mol. The van der Waals surface area contributed by atoms with Gasteiger partial charge in [0.2, 0.25) is 0 Å². The normalized spacial score (nSPS) is 21.0. The van der Waals surface area contributed by atoms with Crippen LogP contribution in [0.5, 0.6) is 0 Å². The summed E-state index contributed by atoms with van der Waals surface area (Å²) in [6, 6.07) is 6.67. The van der Waals surface area contributed by atoms with Crippen molar-refractivity contribution < 1.29 is 9.13 Å². The van der Waals surface area contributed by atoms with E-state index in [9.17, 15) is 4.39 Å². The second kappa shape index (κ2) is 8.47. The Kier molecular flexibility index (Phi) is 5.62. The van der Waals surface area contributed by atoms with E-state index in [0.717, 1.165) is 35.5 Å². The summed E-state index contributed by atoms with van der Waals surface area (Å²) in [5, 5.41) is 4.65. The van der Waals surface area contributed by atoms with Gasteiger partial charge < -0.3 is 4.74 Å². The van der Waals surface area contributed by atoms with Crippen molar-refractivity contribution in [3.63, 3.8) is 0 Å². The van der Waals surface area contributed by atoms with Crippen molar-refractivity contribution in [3.05, 3.63) is 70.1 Å². The third-order valence-electron chi connectivity index (χ3n) is 6.32. The van der Waals surface area contributed by atoms with Crippen molar-refractivity contribution >= 4 is 22.8 Å². The highest BCUT2D eigenvalue weighted by molar-refractivity contribution is 6.30. The van der Waals surface area contributed by atoms with E-state index in [1.165, 1.54) is 6.07 Å². The van der Waals surface area contributed by atoms with Gasteiger partial charge >= 0.3 is 0 Å². The van der Waals surface area contributed by atoms with Crippen LogP contribution in [-0.2, 0) is 11.8 Å². The van der Waals surface area contributed by atoms with Crippen LogP contribution < -0.4 is 0 Å². The largest absolute Gasteiger partial charge is 0.370 e. The number of ether oxygens (including phenoxy) is 1. The first-order valence-electron chi connectivity index (χ1n) is 11.0. The molecule has 4 aromatic rings. The van der Waals surface area contributed by atoms with Crippen molar-refractivity contribution in [1.29, 1.82) is 0 Å². The molecule has 8 heteroatoms. The number of nitrogens with zero attached hydrogens (tertiary/aromatic N) is 5. The summed E-state index contributed by atoms with van der Waals surface area (Å²) in [7, 11) is 1.90. The molecule has 1 aromatic carbocycles. The van der Waals surface area contributed by atoms with Gasteiger partial charge in [-0.05, 0) is 57.9 Å². The number of hydrogen-bond acceptors (Lipinski definition) is 5. The lowest BCUT2D eigenvalue weighted by molar-refractivity contribution is -0.0505. The monoisotopic (exact) mass is 465 g/mol. The summed E-state index contributed by atoms with van der Waals surface area (Å²) < 4.78 is 23.0. The lowest BCUT2D eigenvalue weighted by Gasteiger charge is -2.33. The first-order chi connectivity index (χ1) is 15.8. The van der Waals surface area contributed by atoms with E-state index in [1.807, 2.05) is 39.4 Å². The molecular formula is C25H25ClFN5O. The maximum atomic E-state index is 15.0. The Labute approximate surface area is 196 Å². The smallest absolute Gasteiger partial charge is 0.179 e. The molecule has 5 rings (SSSR count). The summed E-state index contributed by atoms with van der Waals surface area (Å²) in [5.41, 5.74) is 5.75. The molecule has 1 saturated heterocycles. The van der Waals surface area contributed by atoms with Gasteiger partial charge in [-0.2, -0.15) is 5.10 Å². The first-order valence-corrected chi connectivity index (χ1v) is 11.4. The van der Waals surface area contributed by atoms with Gasteiger partial charge in [-0.3, -0.25) is 4.68 Å². The van der Waals surface area contributed by atoms with Crippen LogP contribution >= 0.6 is 11.6 Å². The summed E-state index contributed by atoms with van der Waals surface area (Å²) in [6.07, 6.45) is 5.38. The van der Waals surface area contributed by atoms with Crippen LogP contribution in [-0.4, -0.2) is 30.8 Å². The molecule has 6 nitrogen and oxygen atoms in total. The standard InChI is InChI=1S/C25H25ClFN5O/c1-13-7-16(8-23(33-13)17-11-28-32(4)12-17)22-10-20(19-6-5-18(26)9-21(19)27)24-25(31-22)30-15(3)14(2)29-24/h5-6,9-13,16,23H,7-8H2,1-4H3/t13-,16+,23+/m1/s1. The molecule has 33 heavy (non-hydrogen) atoms. The second-order valence-corrected chi connectivity index (χ2v) is 9.27. The van der Waals surface area contributed by atoms with Gasteiger partial charge in [-0.15, -0.1) is 0 Å². The third-order valence-corrected chi connectivity index (χ3v) is 6.55. The zero-order valence-corrected chi connectivity index (χ0v) is 19.8. The topological polar surface area (TPSA) is 65.7 Å². The zero-order valence-electron chi connectivity index (χ0n) is 19.0. The number of benzene rings is 1. The molecule has 170 valence electrons. The molecule has 3 atom stereocenters. The Morgan fingerprint density at radius 2 is 1.85 bits per heavy atom. The Balaban J connectivity index is 1.64. The van der Waals surface area contributed by atoms with E-state index in [0.29, 0.717) is 27.3 Å². The summed E-state index contributed by atoms with van der Waals surface area (Å²) in [6.45, 7) is 5.88. The lowest BCUT2D eigenvalue weighted by Crippen LogP contribution is -2.25. The van der Waals surface area contributed by atoms with Crippen LogP contribution in [0.25, 0.3) is 22.3 Å². The van der Waals surface area contributed by atoms with Crippen molar-refractivity contribution in [2.24, 2.45) is 7.05 Å². The minimum absolute atomic E-state index is 0.0491. The van der Waals surface area contributed by atoms with Crippen LogP contribution in [0.1, 0.15) is 54.4 Å². The number of hydrogen-bond donors (Lipinski definition) is 0. The van der Waals surface area contributed by atoms with Gasteiger partial charge in [0, 0.05) is 46.6 Å². The molecule has 0 N–H and O–H groups in total. The minimum Gasteiger partial charge on any atom is -0.370 e. The molecule has 0 spiro atoms. The van der Waals surface area contributed by atoms with Gasteiger partial charge in [0.1, 0.15) is 11.3 Å². The third kappa shape index (κ3) is 4.23. The number of aromatic nitrogens is 5. The predicted molar refractivity (Wildman–Crippen MR) is 126 cm³/mol. The van der Waals surface area contributed by atoms with E-state index in [-0.39, 0.29) is 18.1 Å². The molecule has 4 heterocycles. The van der Waals surface area contributed by atoms with Gasteiger partial charge in [0.15, 0.2) is 5.65 Å². The Morgan fingerprint density at radius 3 is 2.58 bits per heavy atom. The fourth-order valence-electron chi connectivity index (χ4n) is 4.55. The van der Waals surface area contributed by atoms with Crippen LogP contribution in [0.4, 0.5) is 4.39 Å². The Morgan fingerprint density at radius 1 is 1.06 bits per heavy atom. The first kappa shape index (κ1) is 21.9. The highest BCUT2D eigenvalue weighted by atomic mass is 35.5. The molecular weight excluding hydrogens is 441 g/mol. The maximum Gasteiger partial charge on any atom is 0.179 e. The molecule has 1 fully saturated rings. The SMILES string of the molecule is Cc1nc2nc([C@H]3C[C@@H](C)O[C@H](c4cnn(C)c4)C3)cc(-c3ccc(Cl)cc3F)c2nc1C. The molecule has 1 aliphatic rings. The van der Waals surface area contributed by atoms with Gasteiger partial charge in [-0.1, -0.05) is 11.6 Å². The van der Waals surface area contributed by atoms with E-state index in [4.69, 9.17) is 31.3 Å². The molecule has 0 bridgehead atoms. The highest BCUT2D eigenvalue weighted by Crippen LogP contribution is 2.41. The van der Waals surface area contributed by atoms with Crippen molar-refractivity contribution in [1.82, 2.24) is 24.7 Å². The van der Waals surface area contributed by atoms with Crippen molar-refractivity contribution in [2.45, 2.75) is 51.7 Å². The van der Waals surface area contributed by atoms with Crippen LogP contribution in [0.15, 0.2) is 36.7 Å². The summed E-state index contributed by atoms with van der Waals surface area (Å²) >= 11 is 6.01. The Hall–Kier alpha value is -2.90. The average Bonchev–Trinajstić information content (AvgIpc) is 3.20. The number of aryl methyl sites for hydroxylation is 3.